The number of rotatable bonds is 13. The van der Waals surface area contributed by atoms with Crippen LogP contribution in [0, 0.1) is 12.8 Å². The number of amides is 2. The lowest BCUT2D eigenvalue weighted by molar-refractivity contribution is -0.140. The standard InChI is InChI=1S/C27H38ClN3O5S/c1-19(2)17-29-27(33)21(4)30(18-22-9-7-10-24(15-22)36-5)26(32)11-8-14-31(37(6,34)35)25-16-23(28)13-12-20(25)3/h7,9-10,12-13,15-16,19,21H,8,11,14,17-18H2,1-6H3,(H,29,33)/t21-/m1/s1. The number of anilines is 1. The van der Waals surface area contributed by atoms with E-state index < -0.39 is 16.1 Å². The molecule has 2 amide bonds. The molecule has 0 fully saturated rings. The van der Waals surface area contributed by atoms with Gasteiger partial charge >= 0.3 is 0 Å². The highest BCUT2D eigenvalue weighted by atomic mass is 35.5. The average molecular weight is 552 g/mol. The van der Waals surface area contributed by atoms with Crippen LogP contribution >= 0.6 is 11.6 Å². The van der Waals surface area contributed by atoms with Crippen molar-refractivity contribution in [2.45, 2.75) is 53.1 Å². The number of nitrogens with zero attached hydrogens (tertiary/aromatic N) is 2. The zero-order valence-corrected chi connectivity index (χ0v) is 24.0. The molecule has 1 N–H and O–H groups in total. The van der Waals surface area contributed by atoms with E-state index in [4.69, 9.17) is 16.3 Å². The van der Waals surface area contributed by atoms with Gasteiger partial charge in [-0.2, -0.15) is 0 Å². The number of aryl methyl sites for hydroxylation is 1. The molecule has 0 bridgehead atoms. The molecule has 0 saturated heterocycles. The molecular formula is C27H38ClN3O5S. The second kappa shape index (κ2) is 13.7. The van der Waals surface area contributed by atoms with E-state index in [0.717, 1.165) is 17.4 Å². The first-order chi connectivity index (χ1) is 17.3. The van der Waals surface area contributed by atoms with Gasteiger partial charge in [-0.15, -0.1) is 0 Å². The van der Waals surface area contributed by atoms with Crippen LogP contribution in [-0.4, -0.2) is 57.6 Å². The predicted molar refractivity (Wildman–Crippen MR) is 148 cm³/mol. The second-order valence-electron chi connectivity index (χ2n) is 9.56. The van der Waals surface area contributed by atoms with E-state index in [1.807, 2.05) is 45.0 Å². The van der Waals surface area contributed by atoms with E-state index in [-0.39, 0.29) is 43.7 Å². The van der Waals surface area contributed by atoms with Crippen LogP contribution in [0.2, 0.25) is 5.02 Å². The van der Waals surface area contributed by atoms with Crippen LogP contribution in [0.25, 0.3) is 0 Å². The summed E-state index contributed by atoms with van der Waals surface area (Å²) < 4.78 is 31.7. The average Bonchev–Trinajstić information content (AvgIpc) is 2.84. The number of benzene rings is 2. The van der Waals surface area contributed by atoms with Crippen LogP contribution in [0.5, 0.6) is 5.75 Å². The summed E-state index contributed by atoms with van der Waals surface area (Å²) in [6.45, 7) is 8.33. The highest BCUT2D eigenvalue weighted by molar-refractivity contribution is 7.92. The number of nitrogens with one attached hydrogen (secondary N) is 1. The van der Waals surface area contributed by atoms with E-state index in [9.17, 15) is 18.0 Å². The lowest BCUT2D eigenvalue weighted by Gasteiger charge is -2.30. The lowest BCUT2D eigenvalue weighted by Crippen LogP contribution is -2.48. The van der Waals surface area contributed by atoms with Gasteiger partial charge in [0.2, 0.25) is 21.8 Å². The number of hydrogen-bond donors (Lipinski definition) is 1. The summed E-state index contributed by atoms with van der Waals surface area (Å²) in [6, 6.07) is 11.7. The molecule has 2 aromatic carbocycles. The number of hydrogen-bond acceptors (Lipinski definition) is 5. The van der Waals surface area contributed by atoms with Gasteiger partial charge in [0.1, 0.15) is 11.8 Å². The molecule has 1 atom stereocenters. The molecule has 10 heteroatoms. The SMILES string of the molecule is COc1cccc(CN(C(=O)CCCN(c2cc(Cl)ccc2C)S(C)(=O)=O)[C@H](C)C(=O)NCC(C)C)c1. The first-order valence-electron chi connectivity index (χ1n) is 12.3. The van der Waals surface area contributed by atoms with Crippen molar-refractivity contribution in [3.63, 3.8) is 0 Å². The smallest absolute Gasteiger partial charge is 0.242 e. The first-order valence-corrected chi connectivity index (χ1v) is 14.5. The van der Waals surface area contributed by atoms with Crippen LogP contribution in [0.3, 0.4) is 0 Å². The Balaban J connectivity index is 2.21. The summed E-state index contributed by atoms with van der Waals surface area (Å²) in [7, 11) is -2.04. The summed E-state index contributed by atoms with van der Waals surface area (Å²) in [4.78, 5) is 27.8. The van der Waals surface area contributed by atoms with Crippen molar-refractivity contribution in [2.24, 2.45) is 5.92 Å². The van der Waals surface area contributed by atoms with Gasteiger partial charge in [0.15, 0.2) is 0 Å². The Labute approximate surface area is 226 Å². The summed E-state index contributed by atoms with van der Waals surface area (Å²) in [5.74, 6) is 0.446. The molecule has 0 saturated carbocycles. The van der Waals surface area contributed by atoms with Gasteiger partial charge in [-0.3, -0.25) is 13.9 Å². The van der Waals surface area contributed by atoms with Crippen LogP contribution in [0.4, 0.5) is 5.69 Å². The summed E-state index contributed by atoms with van der Waals surface area (Å²) in [5, 5.41) is 3.32. The molecule has 0 aliphatic heterocycles. The van der Waals surface area contributed by atoms with Crippen LogP contribution < -0.4 is 14.4 Å². The van der Waals surface area contributed by atoms with Gasteiger partial charge in [-0.25, -0.2) is 8.42 Å². The highest BCUT2D eigenvalue weighted by Crippen LogP contribution is 2.27. The molecule has 0 aliphatic carbocycles. The van der Waals surface area contributed by atoms with Crippen molar-refractivity contribution in [2.75, 3.05) is 30.8 Å². The maximum Gasteiger partial charge on any atom is 0.242 e. The third-order valence-electron chi connectivity index (χ3n) is 5.93. The summed E-state index contributed by atoms with van der Waals surface area (Å²) >= 11 is 6.12. The highest BCUT2D eigenvalue weighted by Gasteiger charge is 2.27. The Morgan fingerprint density at radius 3 is 2.43 bits per heavy atom. The largest absolute Gasteiger partial charge is 0.497 e. The minimum Gasteiger partial charge on any atom is -0.497 e. The van der Waals surface area contributed by atoms with E-state index in [1.54, 1.807) is 32.2 Å². The summed E-state index contributed by atoms with van der Waals surface area (Å²) in [5.41, 5.74) is 2.07. The normalized spacial score (nSPS) is 12.2. The monoisotopic (exact) mass is 551 g/mol. The van der Waals surface area contributed by atoms with Crippen molar-refractivity contribution in [1.82, 2.24) is 10.2 Å². The van der Waals surface area contributed by atoms with Crippen LogP contribution in [0.1, 0.15) is 44.7 Å². The Morgan fingerprint density at radius 1 is 1.11 bits per heavy atom. The quantitative estimate of drug-likeness (QED) is 0.398. The van der Waals surface area contributed by atoms with E-state index in [1.165, 1.54) is 9.21 Å². The Kier molecular flexibility index (Phi) is 11.3. The van der Waals surface area contributed by atoms with Crippen molar-refractivity contribution in [3.05, 3.63) is 58.6 Å². The molecule has 0 unspecified atom stereocenters. The molecule has 2 rings (SSSR count). The molecule has 204 valence electrons. The maximum absolute atomic E-state index is 13.4. The minimum atomic E-state index is -3.61. The van der Waals surface area contributed by atoms with Crippen molar-refractivity contribution in [1.29, 1.82) is 0 Å². The predicted octanol–water partition coefficient (Wildman–Crippen LogP) is 4.39. The fraction of sp³-hybridized carbons (Fsp3) is 0.481. The van der Waals surface area contributed by atoms with E-state index in [0.29, 0.717) is 23.0 Å². The van der Waals surface area contributed by atoms with Crippen molar-refractivity contribution in [3.8, 4) is 5.75 Å². The van der Waals surface area contributed by atoms with Crippen LogP contribution in [-0.2, 0) is 26.2 Å². The van der Waals surface area contributed by atoms with E-state index >= 15 is 0 Å². The third kappa shape index (κ3) is 9.23. The van der Waals surface area contributed by atoms with Crippen molar-refractivity contribution >= 4 is 39.1 Å². The third-order valence-corrected chi connectivity index (χ3v) is 7.35. The van der Waals surface area contributed by atoms with Gasteiger partial charge in [0.25, 0.3) is 0 Å². The number of halogens is 1. The fourth-order valence-corrected chi connectivity index (χ4v) is 5.02. The summed E-state index contributed by atoms with van der Waals surface area (Å²) in [6.07, 6.45) is 1.47. The Hall–Kier alpha value is -2.78. The van der Waals surface area contributed by atoms with Gasteiger partial charge in [0, 0.05) is 31.1 Å². The molecule has 0 heterocycles. The minimum absolute atomic E-state index is 0.0669. The topological polar surface area (TPSA) is 96.0 Å². The zero-order valence-electron chi connectivity index (χ0n) is 22.5. The molecule has 8 nitrogen and oxygen atoms in total. The molecule has 0 radical (unpaired) electrons. The second-order valence-corrected chi connectivity index (χ2v) is 11.9. The van der Waals surface area contributed by atoms with Gasteiger partial charge < -0.3 is 15.0 Å². The molecule has 0 spiro atoms. The van der Waals surface area contributed by atoms with Crippen LogP contribution in [0.15, 0.2) is 42.5 Å². The number of sulfonamides is 1. The molecule has 0 aromatic heterocycles. The van der Waals surface area contributed by atoms with Gasteiger partial charge in [-0.1, -0.05) is 43.6 Å². The first kappa shape index (κ1) is 30.4. The van der Waals surface area contributed by atoms with Crippen molar-refractivity contribution < 1.29 is 22.7 Å². The Morgan fingerprint density at radius 2 is 1.81 bits per heavy atom. The maximum atomic E-state index is 13.4. The van der Waals surface area contributed by atoms with E-state index in [2.05, 4.69) is 5.32 Å². The fourth-order valence-electron chi connectivity index (χ4n) is 3.84. The molecule has 37 heavy (non-hydrogen) atoms. The molecule has 0 aliphatic rings. The molecule has 2 aromatic rings. The number of carbonyl (C=O) groups excluding carboxylic acids is 2. The number of methoxy groups -OCH3 is 1. The number of carbonyl (C=O) groups is 2. The van der Waals surface area contributed by atoms with Gasteiger partial charge in [-0.05, 0) is 61.6 Å². The lowest BCUT2D eigenvalue weighted by atomic mass is 10.1. The zero-order chi connectivity index (χ0) is 27.8. The molecular weight excluding hydrogens is 514 g/mol. The number of ether oxygens (including phenoxy) is 1. The van der Waals surface area contributed by atoms with Gasteiger partial charge in [0.05, 0.1) is 19.1 Å². The Bertz CT molecular complexity index is 1190.